The molecule has 1 N–H and O–H groups in total. The van der Waals surface area contributed by atoms with Gasteiger partial charge in [-0.3, -0.25) is 0 Å². The minimum absolute atomic E-state index is 0.100. The molecule has 1 unspecified atom stereocenters. The molecule has 20 heavy (non-hydrogen) atoms. The summed E-state index contributed by atoms with van der Waals surface area (Å²) in [5, 5.41) is 1.06. The van der Waals surface area contributed by atoms with Gasteiger partial charge in [0.25, 0.3) is 0 Å². The molecule has 0 radical (unpaired) electrons. The average molecular weight is 332 g/mol. The van der Waals surface area contributed by atoms with Crippen molar-refractivity contribution in [3.05, 3.63) is 39.1 Å². The van der Waals surface area contributed by atoms with Crippen molar-refractivity contribution in [3.63, 3.8) is 0 Å². The van der Waals surface area contributed by atoms with Gasteiger partial charge in [-0.2, -0.15) is 0 Å². The summed E-state index contributed by atoms with van der Waals surface area (Å²) in [6.45, 7) is 5.55. The third-order valence-electron chi connectivity index (χ3n) is 2.67. The number of hydrogen-bond donors (Lipinski definition) is 1. The summed E-state index contributed by atoms with van der Waals surface area (Å²) in [5.74, 6) is 0. The molecule has 0 aromatic carbocycles. The average Bonchev–Trinajstić information content (AvgIpc) is 2.68. The monoisotopic (exact) mass is 331 g/mol. The molecule has 0 saturated heterocycles. The predicted octanol–water partition coefficient (Wildman–Crippen LogP) is 2.85. The van der Waals surface area contributed by atoms with E-state index < -0.39 is 10.0 Å². The summed E-state index contributed by atoms with van der Waals surface area (Å²) >= 11 is 7.21. The molecule has 0 bridgehead atoms. The minimum atomic E-state index is -3.63. The molecule has 0 spiro atoms. The quantitative estimate of drug-likeness (QED) is 0.874. The first-order chi connectivity index (χ1) is 9.29. The van der Waals surface area contributed by atoms with E-state index in [9.17, 15) is 8.42 Å². The van der Waals surface area contributed by atoms with Crippen LogP contribution in [0, 0.1) is 13.8 Å². The molecule has 0 aliphatic carbocycles. The zero-order valence-electron chi connectivity index (χ0n) is 11.2. The highest BCUT2D eigenvalue weighted by Gasteiger charge is 2.21. The number of nitrogens with one attached hydrogen (secondary N) is 1. The van der Waals surface area contributed by atoms with Crippen LogP contribution in [0.4, 0.5) is 0 Å². The Bertz CT molecular complexity index is 728. The first kappa shape index (κ1) is 15.4. The summed E-state index contributed by atoms with van der Waals surface area (Å²) in [6, 6.07) is 2.38. The first-order valence-electron chi connectivity index (χ1n) is 5.87. The lowest BCUT2D eigenvalue weighted by atomic mass is 10.2. The summed E-state index contributed by atoms with van der Waals surface area (Å²) in [6.07, 6.45) is 1.36. The fourth-order valence-corrected chi connectivity index (χ4v) is 4.32. The van der Waals surface area contributed by atoms with Gasteiger partial charge in [0.05, 0.1) is 21.6 Å². The summed E-state index contributed by atoms with van der Waals surface area (Å²) in [5.41, 5.74) is 0.843. The number of sulfonamides is 1. The highest BCUT2D eigenvalue weighted by molar-refractivity contribution is 7.89. The molecule has 5 nitrogen and oxygen atoms in total. The second kappa shape index (κ2) is 5.77. The molecule has 0 fully saturated rings. The van der Waals surface area contributed by atoms with E-state index in [-0.39, 0.29) is 16.1 Å². The normalized spacial score (nSPS) is 13.4. The van der Waals surface area contributed by atoms with Crippen molar-refractivity contribution in [2.24, 2.45) is 0 Å². The standard InChI is InChI=1S/C12H14ClN3O2S2/c1-7-12(19-9(3)15-7)8(2)16-20(17,18)10-4-5-14-11(13)6-10/h4-6,8,16H,1-3H3. The van der Waals surface area contributed by atoms with E-state index in [1.165, 1.54) is 29.7 Å². The Balaban J connectivity index is 2.26. The Morgan fingerprint density at radius 2 is 2.10 bits per heavy atom. The lowest BCUT2D eigenvalue weighted by Crippen LogP contribution is -2.26. The van der Waals surface area contributed by atoms with Gasteiger partial charge in [-0.05, 0) is 32.9 Å². The van der Waals surface area contributed by atoms with Gasteiger partial charge in [0.2, 0.25) is 10.0 Å². The van der Waals surface area contributed by atoms with Gasteiger partial charge in [0, 0.05) is 11.1 Å². The smallest absolute Gasteiger partial charge is 0.241 e. The van der Waals surface area contributed by atoms with Crippen LogP contribution in [0.2, 0.25) is 5.15 Å². The molecule has 2 aromatic rings. The summed E-state index contributed by atoms with van der Waals surface area (Å²) in [7, 11) is -3.63. The number of pyridine rings is 1. The predicted molar refractivity (Wildman–Crippen MR) is 79.6 cm³/mol. The molecule has 108 valence electrons. The van der Waals surface area contributed by atoms with Crippen molar-refractivity contribution in [2.75, 3.05) is 0 Å². The van der Waals surface area contributed by atoms with E-state index >= 15 is 0 Å². The molecule has 0 amide bonds. The number of halogens is 1. The molecule has 0 aliphatic heterocycles. The molecule has 0 aliphatic rings. The van der Waals surface area contributed by atoms with Crippen molar-refractivity contribution >= 4 is 33.0 Å². The molecule has 0 saturated carbocycles. The second-order valence-corrected chi connectivity index (χ2v) is 7.68. The molecule has 2 aromatic heterocycles. The second-order valence-electron chi connectivity index (χ2n) is 4.34. The topological polar surface area (TPSA) is 72.0 Å². The van der Waals surface area contributed by atoms with E-state index in [2.05, 4.69) is 14.7 Å². The van der Waals surface area contributed by atoms with Gasteiger partial charge in [-0.15, -0.1) is 11.3 Å². The highest BCUT2D eigenvalue weighted by atomic mass is 35.5. The van der Waals surface area contributed by atoms with E-state index in [1.807, 2.05) is 13.8 Å². The van der Waals surface area contributed by atoms with Crippen molar-refractivity contribution in [1.29, 1.82) is 0 Å². The maximum Gasteiger partial charge on any atom is 0.241 e. The zero-order chi connectivity index (χ0) is 14.9. The minimum Gasteiger partial charge on any atom is -0.247 e. The van der Waals surface area contributed by atoms with E-state index in [1.54, 1.807) is 6.92 Å². The Hall–Kier alpha value is -1.02. The number of aromatic nitrogens is 2. The molecule has 1 atom stereocenters. The van der Waals surface area contributed by atoms with Crippen LogP contribution in [0.15, 0.2) is 23.2 Å². The fraction of sp³-hybridized carbons (Fsp3) is 0.333. The summed E-state index contributed by atoms with van der Waals surface area (Å²) in [4.78, 5) is 9.08. The van der Waals surface area contributed by atoms with Gasteiger partial charge < -0.3 is 0 Å². The Morgan fingerprint density at radius 3 is 2.65 bits per heavy atom. The van der Waals surface area contributed by atoms with Gasteiger partial charge in [-0.25, -0.2) is 23.1 Å². The van der Waals surface area contributed by atoms with Crippen LogP contribution in [0.25, 0.3) is 0 Å². The maximum atomic E-state index is 12.3. The number of nitrogens with zero attached hydrogens (tertiary/aromatic N) is 2. The molecular weight excluding hydrogens is 318 g/mol. The van der Waals surface area contributed by atoms with Crippen molar-refractivity contribution < 1.29 is 8.42 Å². The van der Waals surface area contributed by atoms with E-state index in [0.29, 0.717) is 0 Å². The van der Waals surface area contributed by atoms with Crippen molar-refractivity contribution in [1.82, 2.24) is 14.7 Å². The number of aryl methyl sites for hydroxylation is 2. The Kier molecular flexibility index (Phi) is 4.43. The number of rotatable bonds is 4. The van der Waals surface area contributed by atoms with Crippen molar-refractivity contribution in [2.45, 2.75) is 31.7 Å². The van der Waals surface area contributed by atoms with E-state index in [0.717, 1.165) is 15.6 Å². The van der Waals surface area contributed by atoms with Crippen molar-refractivity contribution in [3.8, 4) is 0 Å². The SMILES string of the molecule is Cc1nc(C)c(C(C)NS(=O)(=O)c2ccnc(Cl)c2)s1. The molecular formula is C12H14ClN3O2S2. The number of hydrogen-bond acceptors (Lipinski definition) is 5. The van der Waals surface area contributed by atoms with Gasteiger partial charge in [-0.1, -0.05) is 11.6 Å². The van der Waals surface area contributed by atoms with Crippen LogP contribution >= 0.6 is 22.9 Å². The Morgan fingerprint density at radius 1 is 1.40 bits per heavy atom. The van der Waals surface area contributed by atoms with E-state index in [4.69, 9.17) is 11.6 Å². The summed E-state index contributed by atoms with van der Waals surface area (Å²) < 4.78 is 27.2. The first-order valence-corrected chi connectivity index (χ1v) is 8.55. The molecule has 8 heteroatoms. The highest BCUT2D eigenvalue weighted by Crippen LogP contribution is 2.26. The molecule has 2 rings (SSSR count). The van der Waals surface area contributed by atoms with Gasteiger partial charge >= 0.3 is 0 Å². The lowest BCUT2D eigenvalue weighted by Gasteiger charge is -2.13. The number of thiazole rings is 1. The third-order valence-corrected chi connectivity index (χ3v) is 5.67. The third kappa shape index (κ3) is 3.35. The van der Waals surface area contributed by atoms with Gasteiger partial charge in [0.1, 0.15) is 5.15 Å². The van der Waals surface area contributed by atoms with Crippen LogP contribution in [-0.2, 0) is 10.0 Å². The van der Waals surface area contributed by atoms with Crippen LogP contribution in [-0.4, -0.2) is 18.4 Å². The fourth-order valence-electron chi connectivity index (χ4n) is 1.85. The lowest BCUT2D eigenvalue weighted by molar-refractivity contribution is 0.568. The maximum absolute atomic E-state index is 12.3. The zero-order valence-corrected chi connectivity index (χ0v) is 13.6. The van der Waals surface area contributed by atoms with Gasteiger partial charge in [0.15, 0.2) is 0 Å². The van der Waals surface area contributed by atoms with Crippen LogP contribution in [0.3, 0.4) is 0 Å². The van der Waals surface area contributed by atoms with Crippen LogP contribution < -0.4 is 4.72 Å². The Labute approximate surface area is 127 Å². The van der Waals surface area contributed by atoms with Crippen LogP contribution in [0.5, 0.6) is 0 Å². The van der Waals surface area contributed by atoms with Crippen LogP contribution in [0.1, 0.15) is 28.5 Å². The largest absolute Gasteiger partial charge is 0.247 e. The molecule has 2 heterocycles.